The summed E-state index contributed by atoms with van der Waals surface area (Å²) >= 11 is 0. The molecule has 2 rings (SSSR count). The fraction of sp³-hybridized carbons (Fsp3) is 0.562. The number of halogens is 6. The van der Waals surface area contributed by atoms with E-state index >= 15 is 0 Å². The Balaban J connectivity index is 0.000000298. The van der Waals surface area contributed by atoms with Crippen molar-refractivity contribution in [3.8, 4) is 0 Å². The number of carbonyl (C=O) groups is 2. The number of hydrogen-bond donors (Lipinski definition) is 1. The standard InChI is InChI=1S/C12H20N4.C4F6O3/c1-15(2)12-6-5-11(8-14-12)16-7-3-4-10(13)9-16;5-3(6,7)1(11)13-2(12)4(8,9)10/h5-6,8,10H,3-4,7,9,13H2,1-2H3;/t10-;/m0./s1. The van der Waals surface area contributed by atoms with Crippen molar-refractivity contribution in [1.29, 1.82) is 0 Å². The summed E-state index contributed by atoms with van der Waals surface area (Å²) < 4.78 is 69.7. The number of rotatable bonds is 2. The summed E-state index contributed by atoms with van der Waals surface area (Å²) in [5.41, 5.74) is 7.15. The zero-order valence-electron chi connectivity index (χ0n) is 15.5. The molecule has 1 saturated heterocycles. The van der Waals surface area contributed by atoms with Crippen molar-refractivity contribution < 1.29 is 40.7 Å². The number of nitrogens with zero attached hydrogens (tertiary/aromatic N) is 3. The minimum Gasteiger partial charge on any atom is -0.380 e. The van der Waals surface area contributed by atoms with Crippen LogP contribution in [0.4, 0.5) is 37.8 Å². The van der Waals surface area contributed by atoms with E-state index in [-0.39, 0.29) is 0 Å². The topological polar surface area (TPSA) is 88.8 Å². The lowest BCUT2D eigenvalue weighted by Gasteiger charge is -2.32. The summed E-state index contributed by atoms with van der Waals surface area (Å²) in [6.07, 6.45) is -6.99. The molecule has 0 spiro atoms. The molecule has 1 aliphatic rings. The lowest BCUT2D eigenvalue weighted by molar-refractivity contribution is -0.221. The average Bonchev–Trinajstić information content (AvgIpc) is 2.60. The SMILES string of the molecule is CN(C)c1ccc(N2CCC[C@H](N)C2)cn1.O=C(OC(=O)C(F)(F)F)C(F)(F)F. The predicted molar refractivity (Wildman–Crippen MR) is 91.2 cm³/mol. The number of carbonyl (C=O) groups excluding carboxylic acids is 2. The predicted octanol–water partition coefficient (Wildman–Crippen LogP) is 2.26. The second-order valence-corrected chi connectivity index (χ2v) is 6.29. The molecule has 0 unspecified atom stereocenters. The van der Waals surface area contributed by atoms with Gasteiger partial charge >= 0.3 is 24.3 Å². The Morgan fingerprint density at radius 3 is 2.07 bits per heavy atom. The van der Waals surface area contributed by atoms with Gasteiger partial charge in [0.2, 0.25) is 0 Å². The monoisotopic (exact) mass is 430 g/mol. The van der Waals surface area contributed by atoms with Crippen LogP contribution in [0.5, 0.6) is 0 Å². The Morgan fingerprint density at radius 2 is 1.69 bits per heavy atom. The maximum atomic E-state index is 11.2. The van der Waals surface area contributed by atoms with Gasteiger partial charge in [-0.2, -0.15) is 26.3 Å². The molecule has 0 radical (unpaired) electrons. The third-order valence-corrected chi connectivity index (χ3v) is 3.66. The Kier molecular flexibility index (Phi) is 8.24. The van der Waals surface area contributed by atoms with Crippen molar-refractivity contribution in [1.82, 2.24) is 4.98 Å². The second kappa shape index (κ2) is 9.76. The summed E-state index contributed by atoms with van der Waals surface area (Å²) in [7, 11) is 4.00. The maximum Gasteiger partial charge on any atom is 0.491 e. The molecular formula is C16H20F6N4O3. The van der Waals surface area contributed by atoms with E-state index < -0.39 is 24.3 Å². The van der Waals surface area contributed by atoms with E-state index in [1.165, 1.54) is 12.1 Å². The molecule has 29 heavy (non-hydrogen) atoms. The summed E-state index contributed by atoms with van der Waals surface area (Å²) in [5, 5.41) is 0. The molecule has 1 aliphatic heterocycles. The number of pyridine rings is 1. The van der Waals surface area contributed by atoms with Gasteiger partial charge in [0, 0.05) is 33.2 Å². The third-order valence-electron chi connectivity index (χ3n) is 3.66. The molecule has 0 aromatic carbocycles. The number of alkyl halides is 6. The third kappa shape index (κ3) is 8.13. The maximum absolute atomic E-state index is 11.2. The van der Waals surface area contributed by atoms with E-state index in [0.29, 0.717) is 6.04 Å². The average molecular weight is 430 g/mol. The second-order valence-electron chi connectivity index (χ2n) is 6.29. The van der Waals surface area contributed by atoms with Crippen LogP contribution in [0.3, 0.4) is 0 Å². The van der Waals surface area contributed by atoms with Crippen LogP contribution in [0, 0.1) is 0 Å². The molecule has 0 bridgehead atoms. The Morgan fingerprint density at radius 1 is 1.14 bits per heavy atom. The van der Waals surface area contributed by atoms with Crippen LogP contribution in [0.1, 0.15) is 12.8 Å². The van der Waals surface area contributed by atoms with E-state index in [4.69, 9.17) is 5.73 Å². The molecule has 13 heteroatoms. The highest BCUT2D eigenvalue weighted by atomic mass is 19.4. The molecule has 1 atom stereocenters. The van der Waals surface area contributed by atoms with Crippen molar-refractivity contribution in [2.45, 2.75) is 31.2 Å². The molecule has 2 heterocycles. The molecular weight excluding hydrogens is 410 g/mol. The number of esters is 2. The molecule has 1 aromatic rings. The molecule has 1 aromatic heterocycles. The van der Waals surface area contributed by atoms with Crippen LogP contribution in [0.25, 0.3) is 0 Å². The van der Waals surface area contributed by atoms with Gasteiger partial charge in [-0.1, -0.05) is 0 Å². The highest BCUT2D eigenvalue weighted by Crippen LogP contribution is 2.22. The summed E-state index contributed by atoms with van der Waals surface area (Å²) in [6, 6.07) is 4.48. The first kappa shape index (κ1) is 24.5. The van der Waals surface area contributed by atoms with Gasteiger partial charge in [0.15, 0.2) is 0 Å². The molecule has 1 fully saturated rings. The normalized spacial score (nSPS) is 17.1. The van der Waals surface area contributed by atoms with Gasteiger partial charge < -0.3 is 20.3 Å². The number of aromatic nitrogens is 1. The fourth-order valence-electron chi connectivity index (χ4n) is 2.27. The zero-order valence-corrected chi connectivity index (χ0v) is 15.5. The number of hydrogen-bond acceptors (Lipinski definition) is 7. The highest BCUT2D eigenvalue weighted by molar-refractivity contribution is 5.90. The van der Waals surface area contributed by atoms with Crippen molar-refractivity contribution in [3.05, 3.63) is 18.3 Å². The van der Waals surface area contributed by atoms with E-state index in [1.807, 2.05) is 25.2 Å². The largest absolute Gasteiger partial charge is 0.491 e. The van der Waals surface area contributed by atoms with Crippen molar-refractivity contribution in [3.63, 3.8) is 0 Å². The van der Waals surface area contributed by atoms with Crippen LogP contribution in [-0.2, 0) is 14.3 Å². The fourth-order valence-corrected chi connectivity index (χ4v) is 2.27. The van der Waals surface area contributed by atoms with E-state index in [1.54, 1.807) is 0 Å². The molecule has 0 saturated carbocycles. The Bertz CT molecular complexity index is 667. The van der Waals surface area contributed by atoms with Gasteiger partial charge in [0.25, 0.3) is 0 Å². The van der Waals surface area contributed by atoms with Crippen LogP contribution in [-0.4, -0.2) is 62.5 Å². The van der Waals surface area contributed by atoms with Crippen LogP contribution in [0.15, 0.2) is 18.3 Å². The summed E-state index contributed by atoms with van der Waals surface area (Å²) in [4.78, 5) is 28.1. The van der Waals surface area contributed by atoms with Gasteiger partial charge in [-0.15, -0.1) is 0 Å². The molecule has 2 N–H and O–H groups in total. The van der Waals surface area contributed by atoms with Gasteiger partial charge in [-0.25, -0.2) is 14.6 Å². The molecule has 0 aliphatic carbocycles. The summed E-state index contributed by atoms with van der Waals surface area (Å²) in [5.74, 6) is -5.41. The minimum atomic E-state index is -5.62. The smallest absolute Gasteiger partial charge is 0.380 e. The van der Waals surface area contributed by atoms with Crippen molar-refractivity contribution in [2.24, 2.45) is 5.73 Å². The van der Waals surface area contributed by atoms with Gasteiger partial charge in [0.05, 0.1) is 11.9 Å². The lowest BCUT2D eigenvalue weighted by Crippen LogP contribution is -2.42. The lowest BCUT2D eigenvalue weighted by atomic mass is 10.1. The Labute approximate surface area is 162 Å². The minimum absolute atomic E-state index is 0.308. The van der Waals surface area contributed by atoms with Gasteiger partial charge in [0.1, 0.15) is 5.82 Å². The number of nitrogens with two attached hydrogens (primary N) is 1. The first-order valence-electron chi connectivity index (χ1n) is 8.26. The van der Waals surface area contributed by atoms with Crippen molar-refractivity contribution in [2.75, 3.05) is 37.0 Å². The van der Waals surface area contributed by atoms with E-state index in [2.05, 4.69) is 26.8 Å². The molecule has 0 amide bonds. The van der Waals surface area contributed by atoms with Gasteiger partial charge in [-0.3, -0.25) is 0 Å². The number of piperidine rings is 1. The zero-order chi connectivity index (χ0) is 22.4. The quantitative estimate of drug-likeness (QED) is 0.437. The molecule has 7 nitrogen and oxygen atoms in total. The van der Waals surface area contributed by atoms with Crippen LogP contribution >= 0.6 is 0 Å². The Hall–Kier alpha value is -2.57. The number of ether oxygens (including phenoxy) is 1. The van der Waals surface area contributed by atoms with E-state index in [0.717, 1.165) is 25.3 Å². The first-order chi connectivity index (χ1) is 13.2. The summed E-state index contributed by atoms with van der Waals surface area (Å²) in [6.45, 7) is 2.04. The van der Waals surface area contributed by atoms with E-state index in [9.17, 15) is 35.9 Å². The van der Waals surface area contributed by atoms with Crippen LogP contribution < -0.4 is 15.5 Å². The molecule has 164 valence electrons. The highest BCUT2D eigenvalue weighted by Gasteiger charge is 2.49. The van der Waals surface area contributed by atoms with Gasteiger partial charge in [-0.05, 0) is 25.0 Å². The first-order valence-corrected chi connectivity index (χ1v) is 8.26. The van der Waals surface area contributed by atoms with Crippen molar-refractivity contribution >= 4 is 23.4 Å². The number of anilines is 2. The van der Waals surface area contributed by atoms with Crippen LogP contribution in [0.2, 0.25) is 0 Å².